The minimum absolute atomic E-state index is 0.0145. The molecule has 1 N–H and O–H groups in total. The Labute approximate surface area is 241 Å². The van der Waals surface area contributed by atoms with Crippen molar-refractivity contribution >= 4 is 69.5 Å². The second-order valence-electron chi connectivity index (χ2n) is 8.01. The Morgan fingerprint density at radius 3 is 2.42 bits per heavy atom. The van der Waals surface area contributed by atoms with Gasteiger partial charge in [0.1, 0.15) is 5.57 Å². The summed E-state index contributed by atoms with van der Waals surface area (Å²) in [7, 11) is 1.24. The average molecular weight is 688 g/mol. The number of nitrogens with one attached hydrogen (secondary N) is 1. The monoisotopic (exact) mass is 687 g/mol. The van der Waals surface area contributed by atoms with E-state index in [2.05, 4.69) is 5.32 Å². The summed E-state index contributed by atoms with van der Waals surface area (Å²) in [6, 6.07) is 9.49. The molecule has 206 valence electrons. The molecule has 1 fully saturated rings. The second kappa shape index (κ2) is 11.1. The molecular formula is C25H14ClF3IN3O7. The lowest BCUT2D eigenvalue weighted by Gasteiger charge is -2.26. The Hall–Kier alpha value is -4.18. The molecule has 1 aliphatic heterocycles. The van der Waals surface area contributed by atoms with Crippen molar-refractivity contribution in [3.05, 3.63) is 90.0 Å². The number of alkyl halides is 3. The quantitative estimate of drug-likeness (QED) is 0.105. The molecule has 0 radical (unpaired) electrons. The van der Waals surface area contributed by atoms with Crippen LogP contribution in [0.3, 0.4) is 0 Å². The van der Waals surface area contributed by atoms with Gasteiger partial charge >= 0.3 is 17.9 Å². The zero-order chi connectivity index (χ0) is 29.4. The zero-order valence-corrected chi connectivity index (χ0v) is 22.8. The molecule has 0 saturated carbocycles. The maximum absolute atomic E-state index is 13.1. The number of halogens is 5. The molecule has 1 aliphatic rings. The van der Waals surface area contributed by atoms with E-state index in [1.54, 1.807) is 22.6 Å². The summed E-state index contributed by atoms with van der Waals surface area (Å²) in [6.45, 7) is 0. The van der Waals surface area contributed by atoms with E-state index in [1.807, 2.05) is 0 Å². The van der Waals surface area contributed by atoms with Gasteiger partial charge in [-0.15, -0.1) is 0 Å². The fourth-order valence-corrected chi connectivity index (χ4v) is 4.55. The van der Waals surface area contributed by atoms with Crippen LogP contribution in [-0.4, -0.2) is 29.9 Å². The third-order valence-corrected chi connectivity index (χ3v) is 6.46. The van der Waals surface area contributed by atoms with Gasteiger partial charge < -0.3 is 9.47 Å². The number of anilines is 1. The third kappa shape index (κ3) is 5.86. The van der Waals surface area contributed by atoms with Crippen LogP contribution in [-0.2, 0) is 15.8 Å². The van der Waals surface area contributed by atoms with Crippen LogP contribution in [0.2, 0.25) is 5.02 Å². The third-order valence-electron chi connectivity index (χ3n) is 5.43. The molecule has 0 aromatic heterocycles. The maximum atomic E-state index is 13.1. The van der Waals surface area contributed by atoms with Crippen molar-refractivity contribution in [2.75, 3.05) is 12.0 Å². The van der Waals surface area contributed by atoms with Crippen LogP contribution in [0.5, 0.6) is 17.2 Å². The highest BCUT2D eigenvalue weighted by Gasteiger charge is 2.37. The van der Waals surface area contributed by atoms with Crippen molar-refractivity contribution in [3.8, 4) is 17.2 Å². The van der Waals surface area contributed by atoms with Gasteiger partial charge in [-0.2, -0.15) is 13.2 Å². The van der Waals surface area contributed by atoms with Gasteiger partial charge in [-0.25, -0.2) is 9.69 Å². The standard InChI is InChI=1S/C25H14ClF3IN3O7/c1-39-20-9-12(7-16-22(34)31-24(36)32(23(16)35)15-4-2-3-14(26)11-15)8-17(30)21(20)40-19-6-5-13(25(27,28)29)10-18(19)33(37)38/h2-11H,1H3,(H,31,34,36)/b16-7+. The number of nitro groups is 1. The van der Waals surface area contributed by atoms with Crippen molar-refractivity contribution < 1.29 is 42.0 Å². The van der Waals surface area contributed by atoms with Crippen LogP contribution in [0.1, 0.15) is 11.1 Å². The van der Waals surface area contributed by atoms with Gasteiger partial charge in [-0.1, -0.05) is 17.7 Å². The summed E-state index contributed by atoms with van der Waals surface area (Å²) in [5.74, 6) is -2.44. The van der Waals surface area contributed by atoms with Gasteiger partial charge in [-0.3, -0.25) is 25.0 Å². The van der Waals surface area contributed by atoms with Crippen LogP contribution in [0.15, 0.2) is 60.2 Å². The largest absolute Gasteiger partial charge is 0.493 e. The number of carbonyl (C=O) groups excluding carboxylic acids is 3. The lowest BCUT2D eigenvalue weighted by molar-refractivity contribution is -0.385. The minimum atomic E-state index is -4.81. The van der Waals surface area contributed by atoms with Crippen LogP contribution in [0, 0.1) is 13.7 Å². The number of urea groups is 1. The fraction of sp³-hybridized carbons (Fsp3) is 0.0800. The van der Waals surface area contributed by atoms with Gasteiger partial charge in [0.2, 0.25) is 5.75 Å². The van der Waals surface area contributed by atoms with E-state index in [0.717, 1.165) is 11.0 Å². The first-order valence-corrected chi connectivity index (χ1v) is 12.3. The van der Waals surface area contributed by atoms with Gasteiger partial charge in [0.05, 0.1) is 26.9 Å². The van der Waals surface area contributed by atoms with Crippen LogP contribution >= 0.6 is 34.2 Å². The summed E-state index contributed by atoms with van der Waals surface area (Å²) < 4.78 is 50.3. The Balaban J connectivity index is 1.72. The summed E-state index contributed by atoms with van der Waals surface area (Å²) in [6.07, 6.45) is -3.61. The fourth-order valence-electron chi connectivity index (χ4n) is 3.63. The molecule has 0 atom stereocenters. The Bertz CT molecular complexity index is 1610. The number of ether oxygens (including phenoxy) is 2. The van der Waals surface area contributed by atoms with Gasteiger partial charge in [0, 0.05) is 11.1 Å². The number of benzene rings is 3. The smallest absolute Gasteiger partial charge is 0.416 e. The van der Waals surface area contributed by atoms with Crippen molar-refractivity contribution in [1.29, 1.82) is 0 Å². The SMILES string of the molecule is COc1cc(/C=C2\C(=O)NC(=O)N(c3cccc(Cl)c3)C2=O)cc(I)c1Oc1ccc(C(F)(F)F)cc1[N+](=O)[O-]. The summed E-state index contributed by atoms with van der Waals surface area (Å²) in [5, 5.41) is 13.8. The number of hydrogen-bond acceptors (Lipinski definition) is 7. The molecule has 0 spiro atoms. The van der Waals surface area contributed by atoms with Crippen LogP contribution in [0.4, 0.5) is 29.3 Å². The predicted octanol–water partition coefficient (Wildman–Crippen LogP) is 6.34. The summed E-state index contributed by atoms with van der Waals surface area (Å²) in [5.41, 5.74) is -2.17. The van der Waals surface area contributed by atoms with Crippen molar-refractivity contribution in [1.82, 2.24) is 5.32 Å². The number of nitrogens with zero attached hydrogens (tertiary/aromatic N) is 2. The minimum Gasteiger partial charge on any atom is -0.493 e. The molecule has 4 amide bonds. The predicted molar refractivity (Wildman–Crippen MR) is 144 cm³/mol. The summed E-state index contributed by atoms with van der Waals surface area (Å²) >= 11 is 7.75. The molecule has 10 nitrogen and oxygen atoms in total. The molecular weight excluding hydrogens is 674 g/mol. The van der Waals surface area contributed by atoms with Crippen LogP contribution in [0.25, 0.3) is 6.08 Å². The number of hydrogen-bond donors (Lipinski definition) is 1. The first-order chi connectivity index (χ1) is 18.8. The van der Waals surface area contributed by atoms with E-state index < -0.39 is 51.5 Å². The molecule has 40 heavy (non-hydrogen) atoms. The van der Waals surface area contributed by atoms with Gasteiger partial charge in [0.15, 0.2) is 11.5 Å². The zero-order valence-electron chi connectivity index (χ0n) is 19.9. The maximum Gasteiger partial charge on any atom is 0.416 e. The van der Waals surface area contributed by atoms with E-state index in [0.29, 0.717) is 12.1 Å². The first kappa shape index (κ1) is 28.8. The number of nitro benzene ring substituents is 1. The number of methoxy groups -OCH3 is 1. The number of barbiturate groups is 1. The molecule has 3 aromatic rings. The van der Waals surface area contributed by atoms with Gasteiger partial charge in [-0.05, 0) is 76.7 Å². The Morgan fingerprint density at radius 1 is 1.07 bits per heavy atom. The number of imide groups is 2. The molecule has 4 rings (SSSR count). The van der Waals surface area contributed by atoms with E-state index >= 15 is 0 Å². The number of amides is 4. The normalized spacial score (nSPS) is 14.8. The molecule has 0 unspecified atom stereocenters. The molecule has 0 aliphatic carbocycles. The highest BCUT2D eigenvalue weighted by molar-refractivity contribution is 14.1. The van der Waals surface area contributed by atoms with Crippen LogP contribution < -0.4 is 19.7 Å². The molecule has 3 aromatic carbocycles. The van der Waals surface area contributed by atoms with Gasteiger partial charge in [0.25, 0.3) is 11.8 Å². The van der Waals surface area contributed by atoms with Crippen molar-refractivity contribution in [2.24, 2.45) is 0 Å². The van der Waals surface area contributed by atoms with E-state index in [-0.39, 0.29) is 31.3 Å². The molecule has 0 bridgehead atoms. The lowest BCUT2D eigenvalue weighted by Crippen LogP contribution is -2.54. The topological polar surface area (TPSA) is 128 Å². The van der Waals surface area contributed by atoms with Crippen molar-refractivity contribution in [2.45, 2.75) is 6.18 Å². The highest BCUT2D eigenvalue weighted by Crippen LogP contribution is 2.42. The lowest BCUT2D eigenvalue weighted by atomic mass is 10.1. The number of rotatable bonds is 6. The highest BCUT2D eigenvalue weighted by atomic mass is 127. The van der Waals surface area contributed by atoms with Crippen molar-refractivity contribution in [3.63, 3.8) is 0 Å². The Morgan fingerprint density at radius 2 is 1.80 bits per heavy atom. The molecule has 1 heterocycles. The van der Waals surface area contributed by atoms with E-state index in [4.69, 9.17) is 21.1 Å². The molecule has 15 heteroatoms. The summed E-state index contributed by atoms with van der Waals surface area (Å²) in [4.78, 5) is 49.3. The Kier molecular flexibility index (Phi) is 8.02. The van der Waals surface area contributed by atoms with E-state index in [1.165, 1.54) is 49.6 Å². The average Bonchev–Trinajstić information content (AvgIpc) is 2.87. The molecule has 1 saturated heterocycles. The number of carbonyl (C=O) groups is 3. The second-order valence-corrected chi connectivity index (χ2v) is 9.61. The van der Waals surface area contributed by atoms with E-state index in [9.17, 15) is 37.7 Å². The first-order valence-electron chi connectivity index (χ1n) is 10.9.